The van der Waals surface area contributed by atoms with Gasteiger partial charge in [-0.2, -0.15) is 10.4 Å². The van der Waals surface area contributed by atoms with Crippen LogP contribution in [0.2, 0.25) is 0 Å². The van der Waals surface area contributed by atoms with E-state index >= 15 is 0 Å². The molecule has 0 aliphatic carbocycles. The third-order valence-electron chi connectivity index (χ3n) is 6.39. The number of nitrogens with zero attached hydrogens (tertiary/aromatic N) is 6. The number of rotatable bonds is 8. The molecule has 1 fully saturated rings. The standard InChI is InChI=1S/C27H30N6O3/c1-30-13-15-31(16-14-30)11-4-12-32(27(35)36)24-8-3-6-22(18-24)20-33-26(34)10-9-25(29-33)23-7-2-5-21(17-23)19-28/h2-3,5-10,17-18H,4,11-16,20H2,1H3,(H,35,36). The quantitative estimate of drug-likeness (QED) is 0.522. The molecule has 1 saturated heterocycles. The van der Waals surface area contributed by atoms with Gasteiger partial charge < -0.3 is 14.9 Å². The molecule has 0 bridgehead atoms. The summed E-state index contributed by atoms with van der Waals surface area (Å²) in [6, 6.07) is 19.5. The normalized spacial score (nSPS) is 14.3. The van der Waals surface area contributed by atoms with Crippen LogP contribution in [0, 0.1) is 11.3 Å². The van der Waals surface area contributed by atoms with Crippen LogP contribution in [0.1, 0.15) is 17.5 Å². The molecular formula is C27H30N6O3. The van der Waals surface area contributed by atoms with Gasteiger partial charge in [0.05, 0.1) is 23.9 Å². The maximum atomic E-state index is 12.5. The van der Waals surface area contributed by atoms with Crippen LogP contribution in [-0.2, 0) is 6.54 Å². The Morgan fingerprint density at radius 2 is 1.86 bits per heavy atom. The summed E-state index contributed by atoms with van der Waals surface area (Å²) in [5.74, 6) is 0. The molecule has 1 amide bonds. The Balaban J connectivity index is 1.47. The van der Waals surface area contributed by atoms with Gasteiger partial charge in [-0.25, -0.2) is 9.48 Å². The van der Waals surface area contributed by atoms with Crippen molar-refractivity contribution in [2.24, 2.45) is 0 Å². The van der Waals surface area contributed by atoms with Crippen LogP contribution in [0.4, 0.5) is 10.5 Å². The number of nitriles is 1. The van der Waals surface area contributed by atoms with Crippen LogP contribution >= 0.6 is 0 Å². The zero-order valence-corrected chi connectivity index (χ0v) is 20.4. The van der Waals surface area contributed by atoms with E-state index in [0.29, 0.717) is 23.5 Å². The smallest absolute Gasteiger partial charge is 0.411 e. The molecule has 9 nitrogen and oxygen atoms in total. The zero-order valence-electron chi connectivity index (χ0n) is 20.4. The minimum absolute atomic E-state index is 0.202. The van der Waals surface area contributed by atoms with Crippen molar-refractivity contribution in [2.75, 3.05) is 51.2 Å². The molecule has 9 heteroatoms. The van der Waals surface area contributed by atoms with E-state index < -0.39 is 6.09 Å². The Hall–Kier alpha value is -4.00. The Bertz CT molecular complexity index is 1310. The van der Waals surface area contributed by atoms with Crippen molar-refractivity contribution in [3.8, 4) is 17.3 Å². The molecule has 0 radical (unpaired) electrons. The van der Waals surface area contributed by atoms with E-state index in [1.165, 1.54) is 15.6 Å². The third kappa shape index (κ3) is 6.36. The van der Waals surface area contributed by atoms with Crippen LogP contribution in [0.3, 0.4) is 0 Å². The van der Waals surface area contributed by atoms with Crippen molar-refractivity contribution in [2.45, 2.75) is 13.0 Å². The molecule has 36 heavy (non-hydrogen) atoms. The van der Waals surface area contributed by atoms with E-state index in [0.717, 1.165) is 50.3 Å². The Morgan fingerprint density at radius 3 is 2.61 bits per heavy atom. The maximum Gasteiger partial charge on any atom is 0.411 e. The summed E-state index contributed by atoms with van der Waals surface area (Å²) in [6.45, 7) is 5.52. The molecule has 1 aromatic heterocycles. The summed E-state index contributed by atoms with van der Waals surface area (Å²) in [5.41, 5.74) is 2.93. The highest BCUT2D eigenvalue weighted by molar-refractivity contribution is 5.86. The molecule has 4 rings (SSSR count). The largest absolute Gasteiger partial charge is 0.465 e. The van der Waals surface area contributed by atoms with E-state index in [1.807, 2.05) is 12.1 Å². The summed E-state index contributed by atoms with van der Waals surface area (Å²) in [7, 11) is 2.11. The molecule has 0 saturated carbocycles. The first-order valence-corrected chi connectivity index (χ1v) is 12.0. The van der Waals surface area contributed by atoms with E-state index in [1.54, 1.807) is 42.5 Å². The van der Waals surface area contributed by atoms with Gasteiger partial charge in [0.2, 0.25) is 0 Å². The number of anilines is 1. The van der Waals surface area contributed by atoms with E-state index in [2.05, 4.69) is 28.0 Å². The van der Waals surface area contributed by atoms with Crippen LogP contribution in [0.15, 0.2) is 65.5 Å². The lowest BCUT2D eigenvalue weighted by Crippen LogP contribution is -2.45. The second kappa shape index (κ2) is 11.6. The summed E-state index contributed by atoms with van der Waals surface area (Å²) in [4.78, 5) is 30.5. The molecule has 186 valence electrons. The van der Waals surface area contributed by atoms with Gasteiger partial charge >= 0.3 is 6.09 Å². The Kier molecular flexibility index (Phi) is 8.10. The van der Waals surface area contributed by atoms with Crippen molar-refractivity contribution in [1.82, 2.24) is 19.6 Å². The fraction of sp³-hybridized carbons (Fsp3) is 0.333. The topological polar surface area (TPSA) is 106 Å². The monoisotopic (exact) mass is 486 g/mol. The lowest BCUT2D eigenvalue weighted by atomic mass is 10.1. The number of carbonyl (C=O) groups is 1. The second-order valence-electron chi connectivity index (χ2n) is 9.01. The predicted molar refractivity (Wildman–Crippen MR) is 138 cm³/mol. The number of piperazine rings is 1. The molecular weight excluding hydrogens is 456 g/mol. The van der Waals surface area contributed by atoms with Gasteiger partial charge in [-0.05, 0) is 55.9 Å². The minimum Gasteiger partial charge on any atom is -0.465 e. The van der Waals surface area contributed by atoms with Gasteiger partial charge in [0.15, 0.2) is 0 Å². The molecule has 1 aliphatic heterocycles. The van der Waals surface area contributed by atoms with Gasteiger partial charge in [-0.15, -0.1) is 0 Å². The minimum atomic E-state index is -1.000. The van der Waals surface area contributed by atoms with Gasteiger partial charge in [-0.1, -0.05) is 24.3 Å². The van der Waals surface area contributed by atoms with Crippen LogP contribution < -0.4 is 10.5 Å². The fourth-order valence-corrected chi connectivity index (χ4v) is 4.32. The zero-order chi connectivity index (χ0) is 25.5. The SMILES string of the molecule is CN1CCN(CCCN(C(=O)O)c2cccc(Cn3nc(-c4cccc(C#N)c4)ccc3=O)c2)CC1. The molecule has 2 aromatic carbocycles. The summed E-state index contributed by atoms with van der Waals surface area (Å²) < 4.78 is 1.35. The fourth-order valence-electron chi connectivity index (χ4n) is 4.32. The molecule has 0 spiro atoms. The number of hydrogen-bond acceptors (Lipinski definition) is 6. The highest BCUT2D eigenvalue weighted by atomic mass is 16.4. The maximum absolute atomic E-state index is 12.5. The average molecular weight is 487 g/mol. The average Bonchev–Trinajstić information content (AvgIpc) is 2.89. The number of benzene rings is 2. The Labute approximate surface area is 210 Å². The van der Waals surface area contributed by atoms with E-state index in [9.17, 15) is 14.7 Å². The van der Waals surface area contributed by atoms with Crippen molar-refractivity contribution in [3.63, 3.8) is 0 Å². The molecule has 0 atom stereocenters. The van der Waals surface area contributed by atoms with Gasteiger partial charge in [-0.3, -0.25) is 9.69 Å². The lowest BCUT2D eigenvalue weighted by molar-refractivity contribution is 0.153. The Morgan fingerprint density at radius 1 is 1.08 bits per heavy atom. The first-order chi connectivity index (χ1) is 17.4. The first kappa shape index (κ1) is 25.1. The van der Waals surface area contributed by atoms with Gasteiger partial charge in [0, 0.05) is 50.0 Å². The van der Waals surface area contributed by atoms with Gasteiger partial charge in [0.25, 0.3) is 5.56 Å². The number of amides is 1. The van der Waals surface area contributed by atoms with Crippen LogP contribution in [0.5, 0.6) is 0 Å². The second-order valence-corrected chi connectivity index (χ2v) is 9.01. The van der Waals surface area contributed by atoms with Crippen molar-refractivity contribution >= 4 is 11.8 Å². The highest BCUT2D eigenvalue weighted by Crippen LogP contribution is 2.19. The molecule has 0 unspecified atom stereocenters. The molecule has 1 aliphatic rings. The lowest BCUT2D eigenvalue weighted by Gasteiger charge is -2.32. The van der Waals surface area contributed by atoms with Crippen molar-refractivity contribution in [1.29, 1.82) is 5.26 Å². The molecule has 1 N–H and O–H groups in total. The summed E-state index contributed by atoms with van der Waals surface area (Å²) >= 11 is 0. The highest BCUT2D eigenvalue weighted by Gasteiger charge is 2.17. The number of aromatic nitrogens is 2. The molecule has 3 aromatic rings. The third-order valence-corrected chi connectivity index (χ3v) is 6.39. The predicted octanol–water partition coefficient (Wildman–Crippen LogP) is 2.95. The van der Waals surface area contributed by atoms with E-state index in [-0.39, 0.29) is 12.1 Å². The van der Waals surface area contributed by atoms with E-state index in [4.69, 9.17) is 5.26 Å². The number of hydrogen-bond donors (Lipinski definition) is 1. The number of likely N-dealkylation sites (N-methyl/N-ethyl adjacent to an activating group) is 1. The van der Waals surface area contributed by atoms with Crippen molar-refractivity contribution in [3.05, 3.63) is 82.1 Å². The summed E-state index contributed by atoms with van der Waals surface area (Å²) in [6.07, 6.45) is -0.259. The van der Waals surface area contributed by atoms with Gasteiger partial charge in [0.1, 0.15) is 0 Å². The summed E-state index contributed by atoms with van der Waals surface area (Å²) in [5, 5.41) is 23.5. The first-order valence-electron chi connectivity index (χ1n) is 12.0. The van der Waals surface area contributed by atoms with Crippen molar-refractivity contribution < 1.29 is 9.90 Å². The number of carboxylic acid groups (broad SMARTS) is 1. The van der Waals surface area contributed by atoms with Crippen LogP contribution in [-0.4, -0.2) is 77.1 Å². The van der Waals surface area contributed by atoms with Crippen LogP contribution in [0.25, 0.3) is 11.3 Å². The molecule has 2 heterocycles.